The number of carboxylic acids is 1. The molecule has 1 N–H and O–H groups in total. The summed E-state index contributed by atoms with van der Waals surface area (Å²) >= 11 is 0. The van der Waals surface area contributed by atoms with Crippen molar-refractivity contribution < 1.29 is 18.7 Å². The summed E-state index contributed by atoms with van der Waals surface area (Å²) in [5.41, 5.74) is 0.190. The summed E-state index contributed by atoms with van der Waals surface area (Å²) in [6, 6.07) is 7.61. The second-order valence-electron chi connectivity index (χ2n) is 2.48. The molecule has 0 amide bonds. The molecule has 0 spiro atoms. The SMILES string of the molecule is O=C(O)C(F)(F)[CH]c1ccccc1. The van der Waals surface area contributed by atoms with Crippen LogP contribution in [0.3, 0.4) is 0 Å². The quantitative estimate of drug-likeness (QED) is 0.781. The van der Waals surface area contributed by atoms with Crippen molar-refractivity contribution in [1.82, 2.24) is 0 Å². The smallest absolute Gasteiger partial charge is 0.375 e. The van der Waals surface area contributed by atoms with Gasteiger partial charge in [0.2, 0.25) is 0 Å². The summed E-state index contributed by atoms with van der Waals surface area (Å²) in [7, 11) is 0. The maximum atomic E-state index is 12.6. The van der Waals surface area contributed by atoms with E-state index in [1.807, 2.05) is 0 Å². The van der Waals surface area contributed by atoms with E-state index in [0.717, 1.165) is 0 Å². The predicted molar refractivity (Wildman–Crippen MR) is 42.4 cm³/mol. The van der Waals surface area contributed by atoms with E-state index >= 15 is 0 Å². The van der Waals surface area contributed by atoms with Gasteiger partial charge in [0, 0.05) is 0 Å². The molecular formula is C9H7F2O2. The molecule has 0 heterocycles. The van der Waals surface area contributed by atoms with E-state index in [2.05, 4.69) is 0 Å². The van der Waals surface area contributed by atoms with E-state index in [9.17, 15) is 13.6 Å². The molecule has 1 aromatic rings. The molecule has 0 aliphatic rings. The van der Waals surface area contributed by atoms with Crippen molar-refractivity contribution in [3.05, 3.63) is 42.3 Å². The van der Waals surface area contributed by atoms with Crippen molar-refractivity contribution in [3.63, 3.8) is 0 Å². The van der Waals surface area contributed by atoms with Gasteiger partial charge in [-0.3, -0.25) is 0 Å². The topological polar surface area (TPSA) is 37.3 Å². The number of alkyl halides is 2. The van der Waals surface area contributed by atoms with Crippen molar-refractivity contribution in [1.29, 1.82) is 0 Å². The Labute approximate surface area is 73.8 Å². The zero-order chi connectivity index (χ0) is 9.90. The standard InChI is InChI=1S/C9H7F2O2/c10-9(11,8(12)13)6-7-4-2-1-3-5-7/h1-6H,(H,12,13). The maximum Gasteiger partial charge on any atom is 0.375 e. The average Bonchev–Trinajstić information content (AvgIpc) is 2.05. The first-order valence-electron chi connectivity index (χ1n) is 3.54. The first-order chi connectivity index (χ1) is 6.02. The Balaban J connectivity index is 2.75. The van der Waals surface area contributed by atoms with Crippen LogP contribution in [0.2, 0.25) is 0 Å². The van der Waals surface area contributed by atoms with Crippen molar-refractivity contribution >= 4 is 5.97 Å². The Morgan fingerprint density at radius 3 is 2.31 bits per heavy atom. The third-order valence-corrected chi connectivity index (χ3v) is 1.43. The first-order valence-corrected chi connectivity index (χ1v) is 3.54. The van der Waals surface area contributed by atoms with Gasteiger partial charge in [-0.1, -0.05) is 30.3 Å². The minimum Gasteiger partial charge on any atom is -0.477 e. The van der Waals surface area contributed by atoms with Crippen LogP contribution in [-0.2, 0) is 4.79 Å². The number of rotatable bonds is 3. The molecule has 69 valence electrons. The summed E-state index contributed by atoms with van der Waals surface area (Å²) in [5.74, 6) is -5.95. The van der Waals surface area contributed by atoms with Crippen LogP contribution in [0.25, 0.3) is 0 Å². The van der Waals surface area contributed by atoms with Gasteiger partial charge in [-0.2, -0.15) is 8.78 Å². The summed E-state index contributed by atoms with van der Waals surface area (Å²) < 4.78 is 25.2. The number of aliphatic carboxylic acids is 1. The van der Waals surface area contributed by atoms with Crippen LogP contribution in [-0.4, -0.2) is 17.0 Å². The highest BCUT2D eigenvalue weighted by Gasteiger charge is 2.39. The van der Waals surface area contributed by atoms with Crippen molar-refractivity contribution in [3.8, 4) is 0 Å². The lowest BCUT2D eigenvalue weighted by Crippen LogP contribution is -2.28. The highest BCUT2D eigenvalue weighted by molar-refractivity contribution is 5.78. The van der Waals surface area contributed by atoms with Crippen LogP contribution in [0.4, 0.5) is 8.78 Å². The fraction of sp³-hybridized carbons (Fsp3) is 0.111. The highest BCUT2D eigenvalue weighted by atomic mass is 19.3. The molecular weight excluding hydrogens is 178 g/mol. The molecule has 0 bridgehead atoms. The third-order valence-electron chi connectivity index (χ3n) is 1.43. The Kier molecular flexibility index (Phi) is 2.60. The van der Waals surface area contributed by atoms with Gasteiger partial charge in [0.15, 0.2) is 0 Å². The van der Waals surface area contributed by atoms with Crippen molar-refractivity contribution in [2.24, 2.45) is 0 Å². The van der Waals surface area contributed by atoms with E-state index in [1.54, 1.807) is 18.2 Å². The summed E-state index contributed by atoms with van der Waals surface area (Å²) in [5, 5.41) is 8.12. The van der Waals surface area contributed by atoms with Crippen LogP contribution < -0.4 is 0 Å². The third kappa shape index (κ3) is 2.50. The molecule has 4 heteroatoms. The number of hydrogen-bond donors (Lipinski definition) is 1. The number of carbonyl (C=O) groups is 1. The predicted octanol–water partition coefficient (Wildman–Crippen LogP) is 1.96. The second kappa shape index (κ2) is 3.51. The Morgan fingerprint density at radius 2 is 1.85 bits per heavy atom. The van der Waals surface area contributed by atoms with Crippen molar-refractivity contribution in [2.75, 3.05) is 0 Å². The Hall–Kier alpha value is -1.45. The second-order valence-corrected chi connectivity index (χ2v) is 2.48. The van der Waals surface area contributed by atoms with Crippen LogP contribution in [0, 0.1) is 6.42 Å². The number of carboxylic acid groups (broad SMARTS) is 1. The Bertz CT molecular complexity index is 296. The molecule has 1 aromatic carbocycles. The van der Waals surface area contributed by atoms with E-state index in [0.29, 0.717) is 6.42 Å². The zero-order valence-corrected chi connectivity index (χ0v) is 6.58. The van der Waals surface area contributed by atoms with E-state index in [4.69, 9.17) is 5.11 Å². The summed E-state index contributed by atoms with van der Waals surface area (Å²) in [6.45, 7) is 0. The lowest BCUT2D eigenvalue weighted by atomic mass is 10.1. The minimum absolute atomic E-state index is 0.190. The van der Waals surface area contributed by atoms with E-state index in [-0.39, 0.29) is 5.56 Å². The monoisotopic (exact) mass is 185 g/mol. The molecule has 0 aliphatic heterocycles. The minimum atomic E-state index is -3.80. The highest BCUT2D eigenvalue weighted by Crippen LogP contribution is 2.22. The largest absolute Gasteiger partial charge is 0.477 e. The van der Waals surface area contributed by atoms with Gasteiger partial charge in [0.1, 0.15) is 0 Å². The van der Waals surface area contributed by atoms with Crippen LogP contribution in [0.1, 0.15) is 5.56 Å². The van der Waals surface area contributed by atoms with E-state index < -0.39 is 11.9 Å². The lowest BCUT2D eigenvalue weighted by molar-refractivity contribution is -0.159. The first kappa shape index (κ1) is 9.64. The van der Waals surface area contributed by atoms with Gasteiger partial charge in [0.25, 0.3) is 0 Å². The number of halogens is 2. The van der Waals surface area contributed by atoms with Gasteiger partial charge >= 0.3 is 11.9 Å². The van der Waals surface area contributed by atoms with Crippen LogP contribution >= 0.6 is 0 Å². The molecule has 0 saturated heterocycles. The molecule has 0 aromatic heterocycles. The molecule has 0 saturated carbocycles. The number of benzene rings is 1. The van der Waals surface area contributed by atoms with Gasteiger partial charge in [0.05, 0.1) is 6.42 Å². The fourth-order valence-corrected chi connectivity index (χ4v) is 0.820. The molecule has 0 unspecified atom stereocenters. The number of hydrogen-bond acceptors (Lipinski definition) is 1. The van der Waals surface area contributed by atoms with Gasteiger partial charge in [-0.25, -0.2) is 4.79 Å². The maximum absolute atomic E-state index is 12.6. The summed E-state index contributed by atoms with van der Waals surface area (Å²) in [6.07, 6.45) is 0.412. The van der Waals surface area contributed by atoms with Crippen LogP contribution in [0.5, 0.6) is 0 Å². The molecule has 2 nitrogen and oxygen atoms in total. The Morgan fingerprint density at radius 1 is 1.31 bits per heavy atom. The molecule has 0 aliphatic carbocycles. The van der Waals surface area contributed by atoms with E-state index in [1.165, 1.54) is 12.1 Å². The van der Waals surface area contributed by atoms with Crippen molar-refractivity contribution in [2.45, 2.75) is 5.92 Å². The van der Waals surface area contributed by atoms with Gasteiger partial charge < -0.3 is 5.11 Å². The lowest BCUT2D eigenvalue weighted by Gasteiger charge is -2.09. The van der Waals surface area contributed by atoms with Gasteiger partial charge in [-0.05, 0) is 5.56 Å². The molecule has 1 radical (unpaired) electrons. The normalized spacial score (nSPS) is 11.2. The molecule has 0 atom stereocenters. The zero-order valence-electron chi connectivity index (χ0n) is 6.58. The molecule has 0 fully saturated rings. The average molecular weight is 185 g/mol. The van der Waals surface area contributed by atoms with Gasteiger partial charge in [-0.15, -0.1) is 0 Å². The fourth-order valence-electron chi connectivity index (χ4n) is 0.820. The van der Waals surface area contributed by atoms with Crippen LogP contribution in [0.15, 0.2) is 30.3 Å². The summed E-state index contributed by atoms with van der Waals surface area (Å²) in [4.78, 5) is 10.0. The molecule has 1 rings (SSSR count). The molecule has 13 heavy (non-hydrogen) atoms.